The predicted octanol–water partition coefficient (Wildman–Crippen LogP) is 3.19. The number of anilines is 1. The minimum Gasteiger partial charge on any atom is -0.391 e. The topological polar surface area (TPSA) is 35.5 Å². The van der Waals surface area contributed by atoms with E-state index in [9.17, 15) is 5.11 Å². The van der Waals surface area contributed by atoms with Gasteiger partial charge in [-0.1, -0.05) is 17.7 Å². The third-order valence-electron chi connectivity index (χ3n) is 3.61. The Kier molecular flexibility index (Phi) is 4.95. The van der Waals surface area contributed by atoms with Crippen LogP contribution in [0.2, 0.25) is 5.02 Å². The van der Waals surface area contributed by atoms with Gasteiger partial charge in [-0.3, -0.25) is 0 Å². The molecule has 2 N–H and O–H groups in total. The van der Waals surface area contributed by atoms with Gasteiger partial charge in [-0.25, -0.2) is 0 Å². The van der Waals surface area contributed by atoms with Crippen LogP contribution in [-0.4, -0.2) is 29.8 Å². The van der Waals surface area contributed by atoms with Gasteiger partial charge in [-0.15, -0.1) is 0 Å². The van der Waals surface area contributed by atoms with Gasteiger partial charge in [-0.05, 0) is 51.3 Å². The highest BCUT2D eigenvalue weighted by atomic mass is 35.5. The number of hydrogen-bond donors (Lipinski definition) is 2. The zero-order valence-corrected chi connectivity index (χ0v) is 13.4. The van der Waals surface area contributed by atoms with Crippen molar-refractivity contribution in [3.63, 3.8) is 0 Å². The molecule has 3 nitrogen and oxygen atoms in total. The molecule has 1 aromatic carbocycles. The Labute approximate surface area is 126 Å². The molecule has 1 heterocycles. The third kappa shape index (κ3) is 4.37. The zero-order valence-electron chi connectivity index (χ0n) is 12.6. The maximum Gasteiger partial charge on any atom is 0.0715 e. The summed E-state index contributed by atoms with van der Waals surface area (Å²) in [4.78, 5) is 2.21. The standard InChI is InChI=1S/C16H25ClN2O/c1-16(2,3)18-10-12-6-7-13(9-15(12)17)19-8-4-5-14(20)11-19/h6-7,9,14,18,20H,4-5,8,10-11H2,1-3H3. The largest absolute Gasteiger partial charge is 0.391 e. The van der Waals surface area contributed by atoms with Crippen LogP contribution in [-0.2, 0) is 6.54 Å². The van der Waals surface area contributed by atoms with Crippen LogP contribution >= 0.6 is 11.6 Å². The Morgan fingerprint density at radius 3 is 2.75 bits per heavy atom. The first-order valence-electron chi connectivity index (χ1n) is 7.31. The summed E-state index contributed by atoms with van der Waals surface area (Å²) in [6.45, 7) is 8.90. The Hall–Kier alpha value is -0.770. The summed E-state index contributed by atoms with van der Waals surface area (Å²) in [5.41, 5.74) is 2.30. The van der Waals surface area contributed by atoms with Crippen LogP contribution in [0.5, 0.6) is 0 Å². The Morgan fingerprint density at radius 2 is 2.15 bits per heavy atom. The highest BCUT2D eigenvalue weighted by molar-refractivity contribution is 6.31. The summed E-state index contributed by atoms with van der Waals surface area (Å²) < 4.78 is 0. The molecule has 1 aromatic rings. The first-order chi connectivity index (χ1) is 9.35. The number of β-amino-alcohol motifs (C(OH)–C–C–N with tert-alkyl or cyclic N) is 1. The van der Waals surface area contributed by atoms with E-state index in [2.05, 4.69) is 43.1 Å². The van der Waals surface area contributed by atoms with E-state index in [1.165, 1.54) is 0 Å². The van der Waals surface area contributed by atoms with E-state index >= 15 is 0 Å². The molecule has 1 saturated heterocycles. The minimum atomic E-state index is -0.218. The van der Waals surface area contributed by atoms with Crippen LogP contribution < -0.4 is 10.2 Å². The van der Waals surface area contributed by atoms with Gasteiger partial charge in [-0.2, -0.15) is 0 Å². The van der Waals surface area contributed by atoms with E-state index in [1.807, 2.05) is 6.07 Å². The normalized spacial score (nSPS) is 20.2. The summed E-state index contributed by atoms with van der Waals surface area (Å²) in [5, 5.41) is 14.0. The number of piperidine rings is 1. The van der Waals surface area contributed by atoms with Crippen molar-refractivity contribution in [2.45, 2.75) is 51.8 Å². The summed E-state index contributed by atoms with van der Waals surface area (Å²) in [5.74, 6) is 0. The van der Waals surface area contributed by atoms with E-state index in [-0.39, 0.29) is 11.6 Å². The molecule has 0 radical (unpaired) electrons. The first kappa shape index (κ1) is 15.6. The molecule has 0 amide bonds. The van der Waals surface area contributed by atoms with Crippen LogP contribution in [0.15, 0.2) is 18.2 Å². The SMILES string of the molecule is CC(C)(C)NCc1ccc(N2CCCC(O)C2)cc1Cl. The molecule has 4 heteroatoms. The lowest BCUT2D eigenvalue weighted by Crippen LogP contribution is -2.38. The molecule has 1 fully saturated rings. The van der Waals surface area contributed by atoms with Crippen molar-refractivity contribution in [1.82, 2.24) is 5.32 Å². The molecule has 1 aliphatic heterocycles. The Morgan fingerprint density at radius 1 is 1.40 bits per heavy atom. The average molecular weight is 297 g/mol. The van der Waals surface area contributed by atoms with Gasteiger partial charge < -0.3 is 15.3 Å². The van der Waals surface area contributed by atoms with Gasteiger partial charge in [0.05, 0.1) is 6.10 Å². The average Bonchev–Trinajstić information content (AvgIpc) is 2.36. The fourth-order valence-electron chi connectivity index (χ4n) is 2.43. The summed E-state index contributed by atoms with van der Waals surface area (Å²) in [6, 6.07) is 6.19. The molecule has 0 saturated carbocycles. The quantitative estimate of drug-likeness (QED) is 0.899. The van der Waals surface area contributed by atoms with Gasteiger partial charge in [0, 0.05) is 35.9 Å². The molecule has 0 spiro atoms. The van der Waals surface area contributed by atoms with Crippen molar-refractivity contribution < 1.29 is 5.11 Å². The number of aliphatic hydroxyl groups excluding tert-OH is 1. The second-order valence-electron chi connectivity index (χ2n) is 6.62. The summed E-state index contributed by atoms with van der Waals surface area (Å²) in [7, 11) is 0. The van der Waals surface area contributed by atoms with Crippen LogP contribution in [0.3, 0.4) is 0 Å². The monoisotopic (exact) mass is 296 g/mol. The smallest absolute Gasteiger partial charge is 0.0715 e. The molecule has 0 aromatic heterocycles. The number of rotatable bonds is 3. The molecule has 2 rings (SSSR count). The van der Waals surface area contributed by atoms with Crippen LogP contribution in [0.1, 0.15) is 39.2 Å². The maximum atomic E-state index is 9.75. The molecule has 0 aliphatic carbocycles. The lowest BCUT2D eigenvalue weighted by Gasteiger charge is -2.32. The lowest BCUT2D eigenvalue weighted by molar-refractivity contribution is 0.154. The minimum absolute atomic E-state index is 0.0823. The molecule has 1 unspecified atom stereocenters. The lowest BCUT2D eigenvalue weighted by atomic mass is 10.1. The fraction of sp³-hybridized carbons (Fsp3) is 0.625. The van der Waals surface area contributed by atoms with Gasteiger partial charge in [0.25, 0.3) is 0 Å². The predicted molar refractivity (Wildman–Crippen MR) is 85.5 cm³/mol. The van der Waals surface area contributed by atoms with Crippen LogP contribution in [0.25, 0.3) is 0 Å². The number of benzene rings is 1. The summed E-state index contributed by atoms with van der Waals surface area (Å²) in [6.07, 6.45) is 1.72. The van der Waals surface area contributed by atoms with Crippen molar-refractivity contribution in [2.24, 2.45) is 0 Å². The van der Waals surface area contributed by atoms with Crippen molar-refractivity contribution in [2.75, 3.05) is 18.0 Å². The van der Waals surface area contributed by atoms with Crippen molar-refractivity contribution in [3.8, 4) is 0 Å². The maximum absolute atomic E-state index is 9.75. The number of hydrogen-bond acceptors (Lipinski definition) is 3. The van der Waals surface area contributed by atoms with E-state index < -0.39 is 0 Å². The fourth-order valence-corrected chi connectivity index (χ4v) is 2.67. The first-order valence-corrected chi connectivity index (χ1v) is 7.69. The van der Waals surface area contributed by atoms with E-state index in [1.54, 1.807) is 0 Å². The highest BCUT2D eigenvalue weighted by Gasteiger charge is 2.18. The van der Waals surface area contributed by atoms with Gasteiger partial charge in [0.15, 0.2) is 0 Å². The van der Waals surface area contributed by atoms with Crippen LogP contribution in [0.4, 0.5) is 5.69 Å². The van der Waals surface area contributed by atoms with E-state index in [0.717, 1.165) is 42.2 Å². The van der Waals surface area contributed by atoms with E-state index in [0.29, 0.717) is 6.54 Å². The number of nitrogens with zero attached hydrogens (tertiary/aromatic N) is 1. The number of halogens is 1. The van der Waals surface area contributed by atoms with Crippen molar-refractivity contribution in [3.05, 3.63) is 28.8 Å². The Bertz CT molecular complexity index is 456. The molecule has 20 heavy (non-hydrogen) atoms. The second-order valence-corrected chi connectivity index (χ2v) is 7.03. The number of aliphatic hydroxyl groups is 1. The molecule has 112 valence electrons. The van der Waals surface area contributed by atoms with E-state index in [4.69, 9.17) is 11.6 Å². The van der Waals surface area contributed by atoms with Gasteiger partial charge >= 0.3 is 0 Å². The summed E-state index contributed by atoms with van der Waals surface area (Å²) >= 11 is 6.38. The number of nitrogens with one attached hydrogen (secondary N) is 1. The molecule has 1 aliphatic rings. The molecule has 1 atom stereocenters. The second kappa shape index (κ2) is 6.33. The molecular weight excluding hydrogens is 272 g/mol. The van der Waals surface area contributed by atoms with Gasteiger partial charge in [0.2, 0.25) is 0 Å². The van der Waals surface area contributed by atoms with Crippen molar-refractivity contribution >= 4 is 17.3 Å². The third-order valence-corrected chi connectivity index (χ3v) is 3.96. The van der Waals surface area contributed by atoms with Gasteiger partial charge in [0.1, 0.15) is 0 Å². The Balaban J connectivity index is 2.05. The van der Waals surface area contributed by atoms with Crippen molar-refractivity contribution in [1.29, 1.82) is 0 Å². The zero-order chi connectivity index (χ0) is 14.8. The van der Waals surface area contributed by atoms with Crippen LogP contribution in [0, 0.1) is 0 Å². The highest BCUT2D eigenvalue weighted by Crippen LogP contribution is 2.26. The molecular formula is C16H25ClN2O. The molecule has 0 bridgehead atoms.